The van der Waals surface area contributed by atoms with Gasteiger partial charge in [0.2, 0.25) is 11.8 Å². The summed E-state index contributed by atoms with van der Waals surface area (Å²) in [4.78, 5) is 53.1. The van der Waals surface area contributed by atoms with Crippen LogP contribution in [0.3, 0.4) is 0 Å². The molecule has 1 aromatic rings. The summed E-state index contributed by atoms with van der Waals surface area (Å²) >= 11 is 0. The zero-order valence-electron chi connectivity index (χ0n) is 18.2. The second-order valence-corrected chi connectivity index (χ2v) is 7.98. The summed E-state index contributed by atoms with van der Waals surface area (Å²) in [6.45, 7) is 2.45. The molecule has 1 aromatic carbocycles. The molecule has 2 fully saturated rings. The smallest absolute Gasteiger partial charge is 0.334 e. The first-order valence-electron chi connectivity index (χ1n) is 10.6. The number of halogens is 1. The monoisotopic (exact) mass is 449 g/mol. The Labute approximate surface area is 185 Å². The highest BCUT2D eigenvalue weighted by Gasteiger charge is 2.51. The van der Waals surface area contributed by atoms with Crippen LogP contribution in [0, 0.1) is 5.82 Å². The Balaban J connectivity index is 1.84. The lowest BCUT2D eigenvalue weighted by molar-refractivity contribution is -0.188. The largest absolute Gasteiger partial charge is 0.481 e. The first-order chi connectivity index (χ1) is 15.2. The fourth-order valence-corrected chi connectivity index (χ4v) is 4.08. The summed E-state index contributed by atoms with van der Waals surface area (Å²) in [7, 11) is 1.59. The highest BCUT2D eigenvalue weighted by molar-refractivity contribution is 5.93. The molecule has 32 heavy (non-hydrogen) atoms. The number of carboxylic acids is 1. The minimum absolute atomic E-state index is 0.0923. The molecule has 11 heteroatoms. The van der Waals surface area contributed by atoms with Crippen LogP contribution in [-0.2, 0) is 20.9 Å². The maximum Gasteiger partial charge on any atom is 0.334 e. The van der Waals surface area contributed by atoms with E-state index in [1.54, 1.807) is 19.2 Å². The molecule has 2 heterocycles. The number of hydrazine groups is 1. The summed E-state index contributed by atoms with van der Waals surface area (Å²) in [5.41, 5.74) is 0.694. The van der Waals surface area contributed by atoms with E-state index in [1.807, 2.05) is 6.92 Å². The summed E-state index contributed by atoms with van der Waals surface area (Å²) in [5.74, 6) is -2.40. The molecular formula is C21H28FN5O5. The molecule has 0 radical (unpaired) electrons. The molecule has 0 spiro atoms. The first-order valence-corrected chi connectivity index (χ1v) is 10.6. The third-order valence-corrected chi connectivity index (χ3v) is 5.65. The normalized spacial score (nSPS) is 21.5. The fraction of sp³-hybridized carbons (Fsp3) is 0.524. The van der Waals surface area contributed by atoms with Gasteiger partial charge >= 0.3 is 12.0 Å². The summed E-state index contributed by atoms with van der Waals surface area (Å²) in [6.07, 6.45) is 0.202. The van der Waals surface area contributed by atoms with Crippen molar-refractivity contribution in [2.45, 2.75) is 44.9 Å². The molecule has 0 bridgehead atoms. The number of nitrogens with one attached hydrogen (secondary N) is 1. The van der Waals surface area contributed by atoms with E-state index in [9.17, 15) is 28.7 Å². The van der Waals surface area contributed by atoms with Crippen LogP contribution in [0.5, 0.6) is 0 Å². The van der Waals surface area contributed by atoms with E-state index in [-0.39, 0.29) is 25.5 Å². The van der Waals surface area contributed by atoms with Crippen molar-refractivity contribution in [2.75, 3.05) is 26.7 Å². The van der Waals surface area contributed by atoms with Gasteiger partial charge in [0.25, 0.3) is 0 Å². The number of benzene rings is 1. The lowest BCUT2D eigenvalue weighted by Crippen LogP contribution is -2.76. The Morgan fingerprint density at radius 1 is 1.22 bits per heavy atom. The van der Waals surface area contributed by atoms with Gasteiger partial charge in [0.15, 0.2) is 0 Å². The number of nitrogens with zero attached hydrogens (tertiary/aromatic N) is 4. The van der Waals surface area contributed by atoms with Gasteiger partial charge in [-0.1, -0.05) is 25.5 Å². The SMILES string of the molecule is CCCCN1C[C@H]2N(C(=O)CN(C)N2C(=O)NCc2ccc(F)cc2)[C@@H](CC(=O)O)C1=O. The van der Waals surface area contributed by atoms with Gasteiger partial charge in [-0.3, -0.25) is 14.4 Å². The van der Waals surface area contributed by atoms with Crippen LogP contribution in [0.15, 0.2) is 24.3 Å². The Kier molecular flexibility index (Phi) is 7.29. The van der Waals surface area contributed by atoms with Gasteiger partial charge in [-0.25, -0.2) is 19.2 Å². The van der Waals surface area contributed by atoms with Crippen LogP contribution in [0.2, 0.25) is 0 Å². The van der Waals surface area contributed by atoms with Gasteiger partial charge in [-0.15, -0.1) is 0 Å². The van der Waals surface area contributed by atoms with E-state index in [2.05, 4.69) is 5.32 Å². The minimum Gasteiger partial charge on any atom is -0.481 e. The number of likely N-dealkylation sites (N-methyl/N-ethyl adjacent to an activating group) is 1. The molecule has 10 nitrogen and oxygen atoms in total. The van der Waals surface area contributed by atoms with Gasteiger partial charge in [-0.2, -0.15) is 0 Å². The van der Waals surface area contributed by atoms with Crippen LogP contribution in [0.25, 0.3) is 0 Å². The van der Waals surface area contributed by atoms with Crippen molar-refractivity contribution in [3.63, 3.8) is 0 Å². The predicted octanol–water partition coefficient (Wildman–Crippen LogP) is 0.838. The number of hydrogen-bond acceptors (Lipinski definition) is 5. The van der Waals surface area contributed by atoms with Crippen molar-refractivity contribution in [2.24, 2.45) is 0 Å². The Morgan fingerprint density at radius 2 is 1.91 bits per heavy atom. The van der Waals surface area contributed by atoms with Gasteiger partial charge in [-0.05, 0) is 24.1 Å². The molecule has 2 saturated heterocycles. The average molecular weight is 449 g/mol. The number of rotatable bonds is 7. The van der Waals surface area contributed by atoms with E-state index >= 15 is 0 Å². The van der Waals surface area contributed by atoms with Crippen LogP contribution in [0.4, 0.5) is 9.18 Å². The van der Waals surface area contributed by atoms with E-state index in [1.165, 1.54) is 32.0 Å². The second kappa shape index (κ2) is 9.94. The second-order valence-electron chi connectivity index (χ2n) is 7.98. The van der Waals surface area contributed by atoms with Crippen LogP contribution in [-0.4, -0.2) is 87.6 Å². The molecule has 0 saturated carbocycles. The zero-order valence-corrected chi connectivity index (χ0v) is 18.2. The topological polar surface area (TPSA) is 114 Å². The number of urea groups is 1. The van der Waals surface area contributed by atoms with Crippen molar-refractivity contribution in [1.29, 1.82) is 0 Å². The van der Waals surface area contributed by atoms with Crippen molar-refractivity contribution >= 4 is 23.8 Å². The van der Waals surface area contributed by atoms with Crippen molar-refractivity contribution < 1.29 is 28.7 Å². The van der Waals surface area contributed by atoms with Crippen molar-refractivity contribution in [3.8, 4) is 0 Å². The minimum atomic E-state index is -1.20. The molecule has 2 aliphatic heterocycles. The van der Waals surface area contributed by atoms with E-state index in [0.717, 1.165) is 12.8 Å². The third-order valence-electron chi connectivity index (χ3n) is 5.65. The number of unbranched alkanes of at least 4 members (excludes halogenated alkanes) is 1. The van der Waals surface area contributed by atoms with Crippen LogP contribution < -0.4 is 5.32 Å². The number of carboxylic acid groups (broad SMARTS) is 1. The average Bonchev–Trinajstić information content (AvgIpc) is 2.73. The number of aliphatic carboxylic acids is 1. The quantitative estimate of drug-likeness (QED) is 0.638. The van der Waals surface area contributed by atoms with Gasteiger partial charge in [0, 0.05) is 20.1 Å². The molecule has 2 atom stereocenters. The van der Waals surface area contributed by atoms with Crippen LogP contribution >= 0.6 is 0 Å². The molecule has 3 rings (SSSR count). The van der Waals surface area contributed by atoms with Gasteiger partial charge < -0.3 is 20.2 Å². The number of piperazine rings is 1. The molecular weight excluding hydrogens is 421 g/mol. The van der Waals surface area contributed by atoms with Crippen molar-refractivity contribution in [3.05, 3.63) is 35.6 Å². The number of hydrogen-bond donors (Lipinski definition) is 2. The van der Waals surface area contributed by atoms with Gasteiger partial charge in [0.1, 0.15) is 18.0 Å². The highest BCUT2D eigenvalue weighted by atomic mass is 19.1. The summed E-state index contributed by atoms with van der Waals surface area (Å²) < 4.78 is 13.1. The van der Waals surface area contributed by atoms with E-state index in [4.69, 9.17) is 0 Å². The molecule has 4 amide bonds. The van der Waals surface area contributed by atoms with E-state index < -0.39 is 42.4 Å². The summed E-state index contributed by atoms with van der Waals surface area (Å²) in [5, 5.41) is 14.9. The fourth-order valence-electron chi connectivity index (χ4n) is 4.08. The standard InChI is InChI=1S/C21H28FN5O5/c1-3-4-9-25-12-17-26(16(20(25)31)10-19(29)30)18(28)13-24(2)27(17)21(32)23-11-14-5-7-15(22)8-6-14/h5-8,16-17H,3-4,9-13H2,1-2H3,(H,23,32)(H,29,30)/t16-,17-/m0/s1. The molecule has 174 valence electrons. The zero-order chi connectivity index (χ0) is 23.4. The van der Waals surface area contributed by atoms with Crippen molar-refractivity contribution in [1.82, 2.24) is 25.1 Å². The summed E-state index contributed by atoms with van der Waals surface area (Å²) in [6, 6.07) is 4.03. The maximum atomic E-state index is 13.1. The molecule has 0 aromatic heterocycles. The molecule has 2 aliphatic rings. The third kappa shape index (κ3) is 4.98. The Morgan fingerprint density at radius 3 is 2.53 bits per heavy atom. The first kappa shape index (κ1) is 23.5. The molecule has 0 unspecified atom stereocenters. The highest BCUT2D eigenvalue weighted by Crippen LogP contribution is 2.27. The number of carbonyl (C=O) groups is 4. The Bertz CT molecular complexity index is 880. The van der Waals surface area contributed by atoms with Gasteiger partial charge in [0.05, 0.1) is 19.5 Å². The molecule has 2 N–H and O–H groups in total. The lowest BCUT2D eigenvalue weighted by Gasteiger charge is -2.54. The number of amides is 4. The molecule has 0 aliphatic carbocycles. The maximum absolute atomic E-state index is 13.1. The lowest BCUT2D eigenvalue weighted by atomic mass is 10.0. The van der Waals surface area contributed by atoms with E-state index in [0.29, 0.717) is 12.1 Å². The number of fused-ring (bicyclic) bond motifs is 1. The Hall–Kier alpha value is -3.21. The predicted molar refractivity (Wildman–Crippen MR) is 111 cm³/mol. The van der Waals surface area contributed by atoms with Crippen LogP contribution in [0.1, 0.15) is 31.7 Å². The number of carbonyl (C=O) groups excluding carboxylic acids is 3.